The Balaban J connectivity index is 2.06. The molecule has 2 rings (SSSR count). The molecule has 2 atom stereocenters. The molecule has 26 heavy (non-hydrogen) atoms. The van der Waals surface area contributed by atoms with Gasteiger partial charge in [0.2, 0.25) is 5.91 Å². The van der Waals surface area contributed by atoms with E-state index in [1.54, 1.807) is 12.1 Å². The summed E-state index contributed by atoms with van der Waals surface area (Å²) in [6, 6.07) is 5.82. The molecule has 1 aromatic carbocycles. The van der Waals surface area contributed by atoms with Crippen molar-refractivity contribution in [1.29, 1.82) is 0 Å². The minimum atomic E-state index is -4.98. The highest BCUT2D eigenvalue weighted by molar-refractivity contribution is 6.31. The van der Waals surface area contributed by atoms with E-state index in [0.29, 0.717) is 16.3 Å². The van der Waals surface area contributed by atoms with Crippen LogP contribution in [0.5, 0.6) is 0 Å². The van der Waals surface area contributed by atoms with Crippen LogP contribution >= 0.6 is 11.6 Å². The van der Waals surface area contributed by atoms with Crippen molar-refractivity contribution >= 4 is 23.4 Å². The van der Waals surface area contributed by atoms with Crippen LogP contribution in [0.25, 0.3) is 0 Å². The van der Waals surface area contributed by atoms with Crippen molar-refractivity contribution in [3.05, 3.63) is 34.9 Å². The number of likely N-dealkylation sites (tertiary alicyclic amines) is 1. The minimum Gasteiger partial charge on any atom is -0.352 e. The Morgan fingerprint density at radius 2 is 2.00 bits per heavy atom. The SMILES string of the molecule is CN(C)C(CNC(=O)C1CCCN1C(=O)C(F)(F)F)c1ccccc1Cl. The number of benzene rings is 1. The van der Waals surface area contributed by atoms with E-state index >= 15 is 0 Å². The predicted molar refractivity (Wildman–Crippen MR) is 91.7 cm³/mol. The van der Waals surface area contributed by atoms with Crippen molar-refractivity contribution in [2.45, 2.75) is 31.1 Å². The van der Waals surface area contributed by atoms with E-state index in [2.05, 4.69) is 5.32 Å². The summed E-state index contributed by atoms with van der Waals surface area (Å²) in [7, 11) is 3.63. The number of likely N-dealkylation sites (N-methyl/N-ethyl adjacent to an activating group) is 1. The lowest BCUT2D eigenvalue weighted by Gasteiger charge is -2.28. The van der Waals surface area contributed by atoms with Gasteiger partial charge in [-0.3, -0.25) is 9.59 Å². The van der Waals surface area contributed by atoms with Gasteiger partial charge in [0, 0.05) is 18.1 Å². The Bertz CT molecular complexity index is 667. The summed E-state index contributed by atoms with van der Waals surface area (Å²) in [5.74, 6) is -2.55. The summed E-state index contributed by atoms with van der Waals surface area (Å²) in [6.07, 6.45) is -4.40. The minimum absolute atomic E-state index is 0.0714. The molecule has 5 nitrogen and oxygen atoms in total. The molecule has 1 saturated heterocycles. The Kier molecular flexibility index (Phi) is 6.52. The third-order valence-electron chi connectivity index (χ3n) is 4.42. The van der Waals surface area contributed by atoms with Crippen molar-refractivity contribution < 1.29 is 22.8 Å². The Morgan fingerprint density at radius 3 is 2.58 bits per heavy atom. The molecule has 9 heteroatoms. The maximum absolute atomic E-state index is 12.7. The quantitative estimate of drug-likeness (QED) is 0.839. The number of halogens is 4. The molecular weight excluding hydrogens is 371 g/mol. The average molecular weight is 392 g/mol. The largest absolute Gasteiger partial charge is 0.471 e. The zero-order valence-electron chi connectivity index (χ0n) is 14.5. The van der Waals surface area contributed by atoms with Gasteiger partial charge in [-0.25, -0.2) is 0 Å². The first-order chi connectivity index (χ1) is 12.1. The summed E-state index contributed by atoms with van der Waals surface area (Å²) >= 11 is 6.20. The molecule has 1 fully saturated rings. The first kappa shape index (κ1) is 20.5. The predicted octanol–water partition coefficient (Wildman–Crippen LogP) is 2.61. The molecule has 0 spiro atoms. The van der Waals surface area contributed by atoms with Gasteiger partial charge in [-0.15, -0.1) is 0 Å². The standard InChI is InChI=1S/C17H21ClF3N3O2/c1-23(2)14(11-6-3-4-7-12(11)18)10-22-15(25)13-8-5-9-24(13)16(26)17(19,20)21/h3-4,6-7,13-14H,5,8-10H2,1-2H3,(H,22,25). The Morgan fingerprint density at radius 1 is 1.35 bits per heavy atom. The zero-order valence-corrected chi connectivity index (χ0v) is 15.3. The monoisotopic (exact) mass is 391 g/mol. The van der Waals surface area contributed by atoms with E-state index in [1.165, 1.54) is 0 Å². The molecule has 0 radical (unpaired) electrons. The third-order valence-corrected chi connectivity index (χ3v) is 4.76. The van der Waals surface area contributed by atoms with Crippen LogP contribution in [0, 0.1) is 0 Å². The second kappa shape index (κ2) is 8.26. The molecule has 0 aliphatic carbocycles. The van der Waals surface area contributed by atoms with Gasteiger partial charge in [-0.2, -0.15) is 13.2 Å². The van der Waals surface area contributed by atoms with Crippen molar-refractivity contribution in [2.24, 2.45) is 0 Å². The van der Waals surface area contributed by atoms with Gasteiger partial charge >= 0.3 is 12.1 Å². The summed E-state index contributed by atoms with van der Waals surface area (Å²) in [5, 5.41) is 3.20. The topological polar surface area (TPSA) is 52.7 Å². The normalized spacial score (nSPS) is 18.9. The highest BCUT2D eigenvalue weighted by atomic mass is 35.5. The fraction of sp³-hybridized carbons (Fsp3) is 0.529. The van der Waals surface area contributed by atoms with E-state index < -0.39 is 24.0 Å². The zero-order chi connectivity index (χ0) is 19.5. The van der Waals surface area contributed by atoms with E-state index in [-0.39, 0.29) is 25.6 Å². The van der Waals surface area contributed by atoms with E-state index in [1.807, 2.05) is 31.1 Å². The van der Waals surface area contributed by atoms with Crippen LogP contribution in [0.15, 0.2) is 24.3 Å². The van der Waals surface area contributed by atoms with E-state index in [4.69, 9.17) is 11.6 Å². The van der Waals surface area contributed by atoms with Gasteiger partial charge in [-0.1, -0.05) is 29.8 Å². The maximum atomic E-state index is 12.7. The number of hydrogen-bond acceptors (Lipinski definition) is 3. The van der Waals surface area contributed by atoms with Crippen LogP contribution in [0.2, 0.25) is 5.02 Å². The molecular formula is C17H21ClF3N3O2. The third kappa shape index (κ3) is 4.67. The van der Waals surface area contributed by atoms with E-state index in [0.717, 1.165) is 5.56 Å². The number of nitrogens with one attached hydrogen (secondary N) is 1. The Labute approximate surface area is 155 Å². The molecule has 2 unspecified atom stereocenters. The molecule has 1 aromatic rings. The fourth-order valence-electron chi connectivity index (χ4n) is 3.08. The highest BCUT2D eigenvalue weighted by Crippen LogP contribution is 2.27. The summed E-state index contributed by atoms with van der Waals surface area (Å²) in [4.78, 5) is 26.4. The average Bonchev–Trinajstić information content (AvgIpc) is 3.04. The molecule has 1 N–H and O–H groups in total. The molecule has 144 valence electrons. The summed E-state index contributed by atoms with van der Waals surface area (Å²) in [5.41, 5.74) is 0.800. The number of amides is 2. The smallest absolute Gasteiger partial charge is 0.352 e. The first-order valence-corrected chi connectivity index (χ1v) is 8.57. The second-order valence-corrected chi connectivity index (χ2v) is 6.81. The molecule has 1 aliphatic heterocycles. The van der Waals surface area contributed by atoms with Crippen LogP contribution in [-0.2, 0) is 9.59 Å². The second-order valence-electron chi connectivity index (χ2n) is 6.40. The highest BCUT2D eigenvalue weighted by Gasteiger charge is 2.47. The Hall–Kier alpha value is -1.80. The fourth-order valence-corrected chi connectivity index (χ4v) is 3.34. The number of carbonyl (C=O) groups excluding carboxylic acids is 2. The van der Waals surface area contributed by atoms with Crippen molar-refractivity contribution in [1.82, 2.24) is 15.1 Å². The lowest BCUT2D eigenvalue weighted by molar-refractivity contribution is -0.186. The van der Waals surface area contributed by atoms with Gasteiger partial charge < -0.3 is 15.1 Å². The van der Waals surface area contributed by atoms with Gasteiger partial charge in [-0.05, 0) is 38.6 Å². The van der Waals surface area contributed by atoms with Gasteiger partial charge in [0.15, 0.2) is 0 Å². The lowest BCUT2D eigenvalue weighted by atomic mass is 10.1. The molecule has 1 aliphatic rings. The molecule has 2 amide bonds. The van der Waals surface area contributed by atoms with Crippen LogP contribution in [-0.4, -0.2) is 61.0 Å². The molecule has 0 aromatic heterocycles. The van der Waals surface area contributed by atoms with Gasteiger partial charge in [0.25, 0.3) is 0 Å². The van der Waals surface area contributed by atoms with Crippen LogP contribution in [0.4, 0.5) is 13.2 Å². The molecule has 0 saturated carbocycles. The molecule has 0 bridgehead atoms. The van der Waals surface area contributed by atoms with Crippen molar-refractivity contribution in [2.75, 3.05) is 27.2 Å². The number of rotatable bonds is 5. The molecule has 1 heterocycles. The number of nitrogens with zero attached hydrogens (tertiary/aromatic N) is 2. The van der Waals surface area contributed by atoms with E-state index in [9.17, 15) is 22.8 Å². The lowest BCUT2D eigenvalue weighted by Crippen LogP contribution is -2.51. The summed E-state index contributed by atoms with van der Waals surface area (Å²) in [6.45, 7) is 0.0954. The van der Waals surface area contributed by atoms with Gasteiger partial charge in [0.05, 0.1) is 6.04 Å². The number of carbonyl (C=O) groups is 2. The van der Waals surface area contributed by atoms with Crippen molar-refractivity contribution in [3.63, 3.8) is 0 Å². The van der Waals surface area contributed by atoms with Crippen LogP contribution in [0.1, 0.15) is 24.4 Å². The van der Waals surface area contributed by atoms with Crippen molar-refractivity contribution in [3.8, 4) is 0 Å². The van der Waals surface area contributed by atoms with Gasteiger partial charge in [0.1, 0.15) is 6.04 Å². The van der Waals surface area contributed by atoms with Crippen LogP contribution in [0.3, 0.4) is 0 Å². The number of hydrogen-bond donors (Lipinski definition) is 1. The first-order valence-electron chi connectivity index (χ1n) is 8.19. The number of alkyl halides is 3. The van der Waals surface area contributed by atoms with Crippen LogP contribution < -0.4 is 5.32 Å². The maximum Gasteiger partial charge on any atom is 0.471 e. The summed E-state index contributed by atoms with van der Waals surface area (Å²) < 4.78 is 38.0.